The Balaban J connectivity index is 1.84. The fourth-order valence-electron chi connectivity index (χ4n) is 2.08. The third-order valence-corrected chi connectivity index (χ3v) is 2.97. The van der Waals surface area contributed by atoms with Crippen LogP contribution >= 0.6 is 0 Å². The Bertz CT molecular complexity index is 345. The van der Waals surface area contributed by atoms with Gasteiger partial charge in [0.1, 0.15) is 0 Å². The maximum absolute atomic E-state index is 5.86. The number of ether oxygens (including phenoxy) is 1. The van der Waals surface area contributed by atoms with E-state index in [1.807, 2.05) is 0 Å². The largest absolute Gasteiger partial charge is 0.481 e. The molecule has 5 heteroatoms. The van der Waals surface area contributed by atoms with Crippen LogP contribution in [-0.4, -0.2) is 29.7 Å². The summed E-state index contributed by atoms with van der Waals surface area (Å²) in [6, 6.07) is 2.11. The van der Waals surface area contributed by atoms with Crippen molar-refractivity contribution in [3.05, 3.63) is 12.3 Å². The van der Waals surface area contributed by atoms with Crippen molar-refractivity contribution < 1.29 is 4.74 Å². The van der Waals surface area contributed by atoms with Crippen LogP contribution in [0.5, 0.6) is 5.88 Å². The molecule has 3 N–H and O–H groups in total. The first-order valence-electron chi connectivity index (χ1n) is 5.64. The average molecular weight is 222 g/mol. The van der Waals surface area contributed by atoms with Gasteiger partial charge in [-0.3, -0.25) is 0 Å². The Morgan fingerprint density at radius 1 is 1.56 bits per heavy atom. The van der Waals surface area contributed by atoms with E-state index in [-0.39, 0.29) is 0 Å². The fraction of sp³-hybridized carbons (Fsp3) is 0.636. The van der Waals surface area contributed by atoms with Gasteiger partial charge in [-0.2, -0.15) is 4.98 Å². The van der Waals surface area contributed by atoms with Gasteiger partial charge in [0.25, 0.3) is 0 Å². The Hall–Kier alpha value is -1.36. The Labute approximate surface area is 95.4 Å². The number of methoxy groups -OCH3 is 1. The van der Waals surface area contributed by atoms with Crippen molar-refractivity contribution in [2.75, 3.05) is 19.0 Å². The zero-order chi connectivity index (χ0) is 11.4. The third kappa shape index (κ3) is 2.82. The summed E-state index contributed by atoms with van der Waals surface area (Å²) in [5.74, 6) is 1.85. The first kappa shape index (κ1) is 11.1. The number of anilines is 1. The minimum absolute atomic E-state index is 0.373. The molecule has 1 aliphatic rings. The van der Waals surface area contributed by atoms with Crippen LogP contribution < -0.4 is 15.8 Å². The van der Waals surface area contributed by atoms with E-state index in [0.29, 0.717) is 23.8 Å². The fourth-order valence-corrected chi connectivity index (χ4v) is 2.08. The molecule has 1 heterocycles. The molecule has 1 aromatic rings. The summed E-state index contributed by atoms with van der Waals surface area (Å²) in [6.45, 7) is 0.890. The highest BCUT2D eigenvalue weighted by atomic mass is 16.5. The number of nitrogens with one attached hydrogen (secondary N) is 1. The maximum Gasteiger partial charge on any atom is 0.225 e. The molecule has 1 saturated carbocycles. The van der Waals surface area contributed by atoms with E-state index in [0.717, 1.165) is 19.4 Å². The van der Waals surface area contributed by atoms with Gasteiger partial charge < -0.3 is 15.8 Å². The van der Waals surface area contributed by atoms with Gasteiger partial charge in [0.15, 0.2) is 0 Å². The number of hydrogen-bond donors (Lipinski definition) is 2. The van der Waals surface area contributed by atoms with E-state index in [4.69, 9.17) is 10.5 Å². The van der Waals surface area contributed by atoms with Crippen molar-refractivity contribution in [1.29, 1.82) is 0 Å². The summed E-state index contributed by atoms with van der Waals surface area (Å²) in [7, 11) is 1.60. The standard InChI is InChI=1S/C11H18N4O/c1-16-10-4-5-13-11(15-10)14-7-8-2-3-9(12)6-8/h4-5,8-9H,2-3,6-7,12H2,1H3,(H,13,14,15). The molecule has 5 nitrogen and oxygen atoms in total. The van der Waals surface area contributed by atoms with E-state index in [9.17, 15) is 0 Å². The zero-order valence-electron chi connectivity index (χ0n) is 9.52. The number of aromatic nitrogens is 2. The van der Waals surface area contributed by atoms with E-state index < -0.39 is 0 Å². The molecule has 88 valence electrons. The number of hydrogen-bond acceptors (Lipinski definition) is 5. The lowest BCUT2D eigenvalue weighted by Gasteiger charge is -2.11. The minimum atomic E-state index is 0.373. The normalized spacial score (nSPS) is 24.4. The Morgan fingerprint density at radius 3 is 3.12 bits per heavy atom. The highest BCUT2D eigenvalue weighted by molar-refractivity contribution is 5.27. The average Bonchev–Trinajstić information content (AvgIpc) is 2.73. The smallest absolute Gasteiger partial charge is 0.225 e. The second-order valence-corrected chi connectivity index (χ2v) is 4.24. The predicted octanol–water partition coefficient (Wildman–Crippen LogP) is 1.02. The van der Waals surface area contributed by atoms with Crippen LogP contribution in [0.2, 0.25) is 0 Å². The van der Waals surface area contributed by atoms with Crippen LogP contribution in [0.3, 0.4) is 0 Å². The maximum atomic E-state index is 5.86. The van der Waals surface area contributed by atoms with Gasteiger partial charge in [-0.15, -0.1) is 0 Å². The molecule has 1 aromatic heterocycles. The quantitative estimate of drug-likeness (QED) is 0.795. The molecule has 16 heavy (non-hydrogen) atoms. The molecule has 0 aromatic carbocycles. The lowest BCUT2D eigenvalue weighted by Crippen LogP contribution is -2.18. The zero-order valence-corrected chi connectivity index (χ0v) is 9.52. The van der Waals surface area contributed by atoms with Crippen molar-refractivity contribution in [2.24, 2.45) is 11.7 Å². The van der Waals surface area contributed by atoms with Crippen LogP contribution in [0.25, 0.3) is 0 Å². The van der Waals surface area contributed by atoms with Crippen molar-refractivity contribution in [2.45, 2.75) is 25.3 Å². The molecule has 0 saturated heterocycles. The number of rotatable bonds is 4. The minimum Gasteiger partial charge on any atom is -0.481 e. The monoisotopic (exact) mass is 222 g/mol. The van der Waals surface area contributed by atoms with Crippen molar-refractivity contribution >= 4 is 5.95 Å². The molecular formula is C11H18N4O. The van der Waals surface area contributed by atoms with Gasteiger partial charge in [-0.05, 0) is 25.2 Å². The van der Waals surface area contributed by atoms with Gasteiger partial charge in [0.2, 0.25) is 11.8 Å². The van der Waals surface area contributed by atoms with Gasteiger partial charge in [0, 0.05) is 24.8 Å². The predicted molar refractivity (Wildman–Crippen MR) is 62.4 cm³/mol. The molecule has 2 unspecified atom stereocenters. The first-order valence-corrected chi connectivity index (χ1v) is 5.64. The summed E-state index contributed by atoms with van der Waals surface area (Å²) in [6.07, 6.45) is 5.11. The van der Waals surface area contributed by atoms with Gasteiger partial charge in [-0.1, -0.05) is 0 Å². The van der Waals surface area contributed by atoms with Crippen molar-refractivity contribution in [3.8, 4) is 5.88 Å². The molecule has 1 aliphatic carbocycles. The van der Waals surface area contributed by atoms with E-state index in [1.165, 1.54) is 6.42 Å². The van der Waals surface area contributed by atoms with Gasteiger partial charge in [0.05, 0.1) is 7.11 Å². The van der Waals surface area contributed by atoms with E-state index >= 15 is 0 Å². The second kappa shape index (κ2) is 5.12. The lowest BCUT2D eigenvalue weighted by atomic mass is 10.1. The first-order chi connectivity index (χ1) is 7.78. The topological polar surface area (TPSA) is 73.1 Å². The summed E-state index contributed by atoms with van der Waals surface area (Å²) < 4.78 is 5.03. The van der Waals surface area contributed by atoms with Gasteiger partial charge >= 0.3 is 0 Å². The van der Waals surface area contributed by atoms with Crippen LogP contribution in [-0.2, 0) is 0 Å². The third-order valence-electron chi connectivity index (χ3n) is 2.97. The molecule has 0 aliphatic heterocycles. The SMILES string of the molecule is COc1ccnc(NCC2CCC(N)C2)n1. The van der Waals surface area contributed by atoms with Gasteiger partial charge in [-0.25, -0.2) is 4.98 Å². The molecular weight excluding hydrogens is 204 g/mol. The number of nitrogens with two attached hydrogens (primary N) is 1. The van der Waals surface area contributed by atoms with Crippen LogP contribution in [0.4, 0.5) is 5.95 Å². The summed E-state index contributed by atoms with van der Waals surface area (Å²) in [5.41, 5.74) is 5.86. The lowest BCUT2D eigenvalue weighted by molar-refractivity contribution is 0.397. The molecule has 0 bridgehead atoms. The van der Waals surface area contributed by atoms with Crippen molar-refractivity contribution in [1.82, 2.24) is 9.97 Å². The highest BCUT2D eigenvalue weighted by Gasteiger charge is 2.21. The van der Waals surface area contributed by atoms with Crippen LogP contribution in [0.1, 0.15) is 19.3 Å². The molecule has 0 radical (unpaired) electrons. The van der Waals surface area contributed by atoms with Crippen molar-refractivity contribution in [3.63, 3.8) is 0 Å². The number of nitrogens with zero attached hydrogens (tertiary/aromatic N) is 2. The summed E-state index contributed by atoms with van der Waals surface area (Å²) >= 11 is 0. The molecule has 0 amide bonds. The molecule has 0 spiro atoms. The van der Waals surface area contributed by atoms with Crippen LogP contribution in [0.15, 0.2) is 12.3 Å². The molecule has 2 rings (SSSR count). The highest BCUT2D eigenvalue weighted by Crippen LogP contribution is 2.24. The second-order valence-electron chi connectivity index (χ2n) is 4.24. The Kier molecular flexibility index (Phi) is 3.56. The van der Waals surface area contributed by atoms with E-state index in [2.05, 4.69) is 15.3 Å². The summed E-state index contributed by atoms with van der Waals surface area (Å²) in [5, 5.41) is 3.22. The van der Waals surface area contributed by atoms with Crippen LogP contribution in [0, 0.1) is 5.92 Å². The Morgan fingerprint density at radius 2 is 2.44 bits per heavy atom. The van der Waals surface area contributed by atoms with E-state index in [1.54, 1.807) is 19.4 Å². The molecule has 2 atom stereocenters. The summed E-state index contributed by atoms with van der Waals surface area (Å²) in [4.78, 5) is 8.33. The molecule has 1 fully saturated rings.